The van der Waals surface area contributed by atoms with E-state index in [1.54, 1.807) is 0 Å². The summed E-state index contributed by atoms with van der Waals surface area (Å²) < 4.78 is 8.46. The normalized spacial score (nSPS) is 18.8. The van der Waals surface area contributed by atoms with Crippen molar-refractivity contribution in [2.45, 2.75) is 25.4 Å². The van der Waals surface area contributed by atoms with Crippen molar-refractivity contribution >= 4 is 27.8 Å². The number of hydrogen-bond acceptors (Lipinski definition) is 5. The van der Waals surface area contributed by atoms with E-state index in [0.29, 0.717) is 12.6 Å². The zero-order chi connectivity index (χ0) is 18.1. The van der Waals surface area contributed by atoms with Gasteiger partial charge in [0, 0.05) is 4.47 Å². The molecule has 0 spiro atoms. The summed E-state index contributed by atoms with van der Waals surface area (Å²) >= 11 is 3.56. The SMILES string of the molecule is CCOc1ccc([C@H]2C[C@@H](c3cccc(Br)c3)n3nc(N)nc3N2)cc1. The van der Waals surface area contributed by atoms with Crippen molar-refractivity contribution in [2.24, 2.45) is 0 Å². The van der Waals surface area contributed by atoms with E-state index in [2.05, 4.69) is 55.6 Å². The molecule has 0 aliphatic carbocycles. The van der Waals surface area contributed by atoms with Gasteiger partial charge in [-0.3, -0.25) is 0 Å². The van der Waals surface area contributed by atoms with Gasteiger partial charge in [0.2, 0.25) is 11.9 Å². The maximum absolute atomic E-state index is 5.86. The Kier molecular flexibility index (Phi) is 4.55. The van der Waals surface area contributed by atoms with E-state index in [0.717, 1.165) is 16.6 Å². The van der Waals surface area contributed by atoms with E-state index >= 15 is 0 Å². The number of ether oxygens (including phenoxy) is 1. The molecule has 4 rings (SSSR count). The molecule has 0 amide bonds. The molecule has 0 fully saturated rings. The number of nitrogens with two attached hydrogens (primary N) is 1. The second-order valence-electron chi connectivity index (χ2n) is 6.24. The minimum atomic E-state index is 0.0603. The van der Waals surface area contributed by atoms with Gasteiger partial charge in [0.15, 0.2) is 0 Å². The molecule has 0 unspecified atom stereocenters. The van der Waals surface area contributed by atoms with Crippen molar-refractivity contribution in [3.05, 3.63) is 64.1 Å². The Hall–Kier alpha value is -2.54. The zero-order valence-corrected chi connectivity index (χ0v) is 16.0. The third-order valence-corrected chi connectivity index (χ3v) is 5.03. The number of nitrogens with zero attached hydrogens (tertiary/aromatic N) is 3. The number of fused-ring (bicyclic) bond motifs is 1. The van der Waals surface area contributed by atoms with E-state index in [-0.39, 0.29) is 18.0 Å². The topological polar surface area (TPSA) is 78.0 Å². The molecular formula is C19H20BrN5O. The number of rotatable bonds is 4. The van der Waals surface area contributed by atoms with Gasteiger partial charge in [0.05, 0.1) is 18.7 Å². The van der Waals surface area contributed by atoms with Crippen LogP contribution >= 0.6 is 15.9 Å². The summed E-state index contributed by atoms with van der Waals surface area (Å²) in [6.07, 6.45) is 0.847. The standard InChI is InChI=1S/C19H20BrN5O/c1-2-26-15-8-6-12(7-9-15)16-11-17(13-4-3-5-14(20)10-13)25-19(22-16)23-18(21)24-25/h3-10,16-17H,2,11H2,1H3,(H3,21,22,23,24)/t16-,17+/m1/s1. The Morgan fingerprint density at radius 1 is 1.23 bits per heavy atom. The van der Waals surface area contributed by atoms with E-state index in [1.165, 1.54) is 11.1 Å². The smallest absolute Gasteiger partial charge is 0.241 e. The molecule has 0 saturated carbocycles. The van der Waals surface area contributed by atoms with Crippen LogP contribution < -0.4 is 15.8 Å². The second-order valence-corrected chi connectivity index (χ2v) is 7.16. The van der Waals surface area contributed by atoms with Crippen LogP contribution in [0.15, 0.2) is 53.0 Å². The average molecular weight is 414 g/mol. The number of anilines is 2. The Morgan fingerprint density at radius 2 is 2.04 bits per heavy atom. The van der Waals surface area contributed by atoms with Crippen LogP contribution in [0.4, 0.5) is 11.9 Å². The zero-order valence-electron chi connectivity index (χ0n) is 14.4. The van der Waals surface area contributed by atoms with E-state index in [1.807, 2.05) is 35.9 Å². The van der Waals surface area contributed by atoms with E-state index in [9.17, 15) is 0 Å². The highest BCUT2D eigenvalue weighted by molar-refractivity contribution is 9.10. The van der Waals surface area contributed by atoms with Crippen LogP contribution in [0.2, 0.25) is 0 Å². The molecule has 0 radical (unpaired) electrons. The van der Waals surface area contributed by atoms with Gasteiger partial charge in [-0.2, -0.15) is 4.98 Å². The molecule has 1 aromatic heterocycles. The number of halogens is 1. The van der Waals surface area contributed by atoms with Crippen LogP contribution in [-0.2, 0) is 0 Å². The summed E-state index contributed by atoms with van der Waals surface area (Å²) in [6.45, 7) is 2.64. The third-order valence-electron chi connectivity index (χ3n) is 4.53. The number of nitrogens with one attached hydrogen (secondary N) is 1. The first kappa shape index (κ1) is 16.9. The second kappa shape index (κ2) is 6.99. The van der Waals surface area contributed by atoms with Crippen molar-refractivity contribution in [3.63, 3.8) is 0 Å². The van der Waals surface area contributed by atoms with Gasteiger partial charge in [-0.05, 0) is 48.7 Å². The predicted molar refractivity (Wildman–Crippen MR) is 105 cm³/mol. The van der Waals surface area contributed by atoms with E-state index in [4.69, 9.17) is 10.5 Å². The summed E-state index contributed by atoms with van der Waals surface area (Å²) in [5.74, 6) is 1.85. The maximum atomic E-state index is 5.86. The molecule has 0 bridgehead atoms. The summed E-state index contributed by atoms with van der Waals surface area (Å²) in [5.41, 5.74) is 8.21. The number of hydrogen-bond donors (Lipinski definition) is 2. The molecule has 0 saturated heterocycles. The van der Waals surface area contributed by atoms with Gasteiger partial charge in [0.1, 0.15) is 5.75 Å². The molecule has 3 N–H and O–H groups in total. The first-order chi connectivity index (χ1) is 12.6. The molecule has 26 heavy (non-hydrogen) atoms. The molecule has 1 aliphatic heterocycles. The van der Waals surface area contributed by atoms with Crippen molar-refractivity contribution in [3.8, 4) is 5.75 Å². The third kappa shape index (κ3) is 3.26. The van der Waals surface area contributed by atoms with Crippen LogP contribution in [0.25, 0.3) is 0 Å². The quantitative estimate of drug-likeness (QED) is 0.670. The Bertz CT molecular complexity index is 909. The van der Waals surface area contributed by atoms with Gasteiger partial charge in [0.25, 0.3) is 0 Å². The summed E-state index contributed by atoms with van der Waals surface area (Å²) in [6, 6.07) is 16.6. The van der Waals surface area contributed by atoms with Crippen LogP contribution in [0.1, 0.15) is 36.6 Å². The Balaban J connectivity index is 1.69. The lowest BCUT2D eigenvalue weighted by Gasteiger charge is -2.31. The number of nitrogen functional groups attached to an aromatic ring is 1. The van der Waals surface area contributed by atoms with Crippen LogP contribution in [-0.4, -0.2) is 21.4 Å². The van der Waals surface area contributed by atoms with Crippen molar-refractivity contribution in [2.75, 3.05) is 17.7 Å². The first-order valence-electron chi connectivity index (χ1n) is 8.61. The summed E-state index contributed by atoms with van der Waals surface area (Å²) in [5, 5.41) is 7.85. The number of aromatic nitrogens is 3. The van der Waals surface area contributed by atoms with Gasteiger partial charge in [-0.25, -0.2) is 4.68 Å². The lowest BCUT2D eigenvalue weighted by atomic mass is 9.93. The van der Waals surface area contributed by atoms with Crippen LogP contribution in [0.5, 0.6) is 5.75 Å². The molecule has 2 aromatic carbocycles. The monoisotopic (exact) mass is 413 g/mol. The molecule has 2 atom stereocenters. The lowest BCUT2D eigenvalue weighted by Crippen LogP contribution is -2.28. The largest absolute Gasteiger partial charge is 0.494 e. The number of benzene rings is 2. The highest BCUT2D eigenvalue weighted by Gasteiger charge is 2.30. The molecule has 134 valence electrons. The van der Waals surface area contributed by atoms with Gasteiger partial charge in [-0.15, -0.1) is 5.10 Å². The average Bonchev–Trinajstić information content (AvgIpc) is 3.02. The lowest BCUT2D eigenvalue weighted by molar-refractivity contribution is 0.340. The van der Waals surface area contributed by atoms with Gasteiger partial charge in [-0.1, -0.05) is 40.2 Å². The van der Waals surface area contributed by atoms with Gasteiger partial charge < -0.3 is 15.8 Å². The fraction of sp³-hybridized carbons (Fsp3) is 0.263. The fourth-order valence-electron chi connectivity index (χ4n) is 3.37. The molecule has 3 aromatic rings. The summed E-state index contributed by atoms with van der Waals surface area (Å²) in [4.78, 5) is 4.35. The molecule has 6 nitrogen and oxygen atoms in total. The van der Waals surface area contributed by atoms with Crippen molar-refractivity contribution in [1.29, 1.82) is 0 Å². The van der Waals surface area contributed by atoms with Crippen molar-refractivity contribution in [1.82, 2.24) is 14.8 Å². The minimum absolute atomic E-state index is 0.0603. The maximum Gasteiger partial charge on any atom is 0.241 e. The van der Waals surface area contributed by atoms with Gasteiger partial charge >= 0.3 is 0 Å². The highest BCUT2D eigenvalue weighted by atomic mass is 79.9. The van der Waals surface area contributed by atoms with Crippen LogP contribution in [0, 0.1) is 0 Å². The van der Waals surface area contributed by atoms with Crippen LogP contribution in [0.3, 0.4) is 0 Å². The minimum Gasteiger partial charge on any atom is -0.494 e. The van der Waals surface area contributed by atoms with Crippen molar-refractivity contribution < 1.29 is 4.74 Å². The Labute approximate surface area is 160 Å². The van der Waals surface area contributed by atoms with E-state index < -0.39 is 0 Å². The highest BCUT2D eigenvalue weighted by Crippen LogP contribution is 2.38. The summed E-state index contributed by atoms with van der Waals surface area (Å²) in [7, 11) is 0. The Morgan fingerprint density at radius 3 is 2.77 bits per heavy atom. The predicted octanol–water partition coefficient (Wildman–Crippen LogP) is 4.17. The molecule has 1 aliphatic rings. The molecule has 7 heteroatoms. The molecule has 2 heterocycles. The first-order valence-corrected chi connectivity index (χ1v) is 9.40. The molecular weight excluding hydrogens is 394 g/mol. The fourth-order valence-corrected chi connectivity index (χ4v) is 3.78.